The molecule has 24 heavy (non-hydrogen) atoms. The van der Waals surface area contributed by atoms with Crippen LogP contribution in [0.3, 0.4) is 0 Å². The molecule has 4 heteroatoms. The Hall–Kier alpha value is -2.49. The van der Waals surface area contributed by atoms with Crippen molar-refractivity contribution in [1.29, 1.82) is 0 Å². The molecule has 0 spiro atoms. The molecule has 4 nitrogen and oxygen atoms in total. The second kappa shape index (κ2) is 6.95. The Morgan fingerprint density at radius 2 is 1.92 bits per heavy atom. The fourth-order valence-corrected chi connectivity index (χ4v) is 3.21. The maximum absolute atomic E-state index is 13.0. The number of ether oxygens (including phenoxy) is 2. The van der Waals surface area contributed by atoms with E-state index >= 15 is 0 Å². The van der Waals surface area contributed by atoms with Crippen molar-refractivity contribution in [3.63, 3.8) is 0 Å². The van der Waals surface area contributed by atoms with Crippen molar-refractivity contribution >= 4 is 11.6 Å². The highest BCUT2D eigenvalue weighted by Gasteiger charge is 2.30. The Labute approximate surface area is 143 Å². The highest BCUT2D eigenvalue weighted by atomic mass is 16.5. The predicted molar refractivity (Wildman–Crippen MR) is 94.9 cm³/mol. The molecule has 3 rings (SSSR count). The lowest BCUT2D eigenvalue weighted by atomic mass is 9.96. The molecule has 0 fully saturated rings. The van der Waals surface area contributed by atoms with Gasteiger partial charge in [0, 0.05) is 6.54 Å². The van der Waals surface area contributed by atoms with E-state index in [0.29, 0.717) is 12.3 Å². The zero-order chi connectivity index (χ0) is 17.1. The van der Waals surface area contributed by atoms with Crippen molar-refractivity contribution in [2.24, 2.45) is 0 Å². The number of anilines is 1. The fraction of sp³-hybridized carbons (Fsp3) is 0.350. The maximum Gasteiger partial charge on any atom is 0.267 e. The van der Waals surface area contributed by atoms with Gasteiger partial charge in [-0.05, 0) is 56.0 Å². The van der Waals surface area contributed by atoms with Gasteiger partial charge in [0.05, 0.1) is 12.8 Å². The van der Waals surface area contributed by atoms with E-state index in [9.17, 15) is 4.79 Å². The lowest BCUT2D eigenvalue weighted by Crippen LogP contribution is -2.43. The van der Waals surface area contributed by atoms with Crippen LogP contribution in [-0.4, -0.2) is 25.7 Å². The lowest BCUT2D eigenvalue weighted by molar-refractivity contribution is -0.124. The first-order valence-electron chi connectivity index (χ1n) is 8.31. The fourth-order valence-electron chi connectivity index (χ4n) is 3.21. The van der Waals surface area contributed by atoms with Crippen LogP contribution in [0.1, 0.15) is 24.5 Å². The minimum absolute atomic E-state index is 0.0382. The van der Waals surface area contributed by atoms with Gasteiger partial charge in [-0.2, -0.15) is 0 Å². The molecular formula is C20H23NO3. The summed E-state index contributed by atoms with van der Waals surface area (Å²) in [7, 11) is 1.64. The molecule has 0 saturated heterocycles. The second-order valence-electron chi connectivity index (χ2n) is 6.08. The van der Waals surface area contributed by atoms with Gasteiger partial charge in [0.1, 0.15) is 11.5 Å². The summed E-state index contributed by atoms with van der Waals surface area (Å²) in [4.78, 5) is 14.8. The Balaban J connectivity index is 1.88. The molecule has 0 aliphatic carbocycles. The zero-order valence-corrected chi connectivity index (χ0v) is 14.4. The first-order chi connectivity index (χ1) is 11.6. The van der Waals surface area contributed by atoms with Crippen molar-refractivity contribution in [3.8, 4) is 11.5 Å². The van der Waals surface area contributed by atoms with Crippen LogP contribution in [-0.2, 0) is 11.2 Å². The van der Waals surface area contributed by atoms with Crippen molar-refractivity contribution in [3.05, 3.63) is 53.6 Å². The molecule has 1 aliphatic heterocycles. The summed E-state index contributed by atoms with van der Waals surface area (Å²) in [5, 5.41) is 0. The SMILES string of the molecule is COc1ccc(C)c2c1N(C(=O)C(C)Oc1ccccc1)CCC2. The van der Waals surface area contributed by atoms with Gasteiger partial charge in [0.15, 0.2) is 6.10 Å². The highest BCUT2D eigenvalue weighted by Crippen LogP contribution is 2.38. The topological polar surface area (TPSA) is 38.8 Å². The summed E-state index contributed by atoms with van der Waals surface area (Å²) in [6.45, 7) is 4.57. The van der Waals surface area contributed by atoms with Crippen LogP contribution in [0.5, 0.6) is 11.5 Å². The molecule has 2 aromatic carbocycles. The average molecular weight is 325 g/mol. The quantitative estimate of drug-likeness (QED) is 0.859. The third-order valence-corrected chi connectivity index (χ3v) is 4.45. The van der Waals surface area contributed by atoms with Crippen molar-refractivity contribution in [2.75, 3.05) is 18.6 Å². The molecule has 1 heterocycles. The first kappa shape index (κ1) is 16.4. The van der Waals surface area contributed by atoms with Gasteiger partial charge >= 0.3 is 0 Å². The number of benzene rings is 2. The third kappa shape index (κ3) is 3.09. The van der Waals surface area contributed by atoms with Crippen LogP contribution in [0.25, 0.3) is 0 Å². The molecule has 0 radical (unpaired) electrons. The van der Waals surface area contributed by atoms with Gasteiger partial charge < -0.3 is 14.4 Å². The summed E-state index contributed by atoms with van der Waals surface area (Å²) >= 11 is 0. The van der Waals surface area contributed by atoms with E-state index < -0.39 is 6.10 Å². The third-order valence-electron chi connectivity index (χ3n) is 4.45. The Kier molecular flexibility index (Phi) is 4.74. The number of carbonyl (C=O) groups is 1. The number of hydrogen-bond donors (Lipinski definition) is 0. The minimum atomic E-state index is -0.552. The number of aryl methyl sites for hydroxylation is 1. The van der Waals surface area contributed by atoms with Gasteiger partial charge in [-0.25, -0.2) is 0 Å². The van der Waals surface area contributed by atoms with Gasteiger partial charge in [-0.15, -0.1) is 0 Å². The molecule has 1 unspecified atom stereocenters. The number of para-hydroxylation sites is 1. The smallest absolute Gasteiger partial charge is 0.267 e. The molecule has 2 aromatic rings. The van der Waals surface area contributed by atoms with Crippen LogP contribution < -0.4 is 14.4 Å². The van der Waals surface area contributed by atoms with Gasteiger partial charge in [-0.3, -0.25) is 4.79 Å². The molecular weight excluding hydrogens is 302 g/mol. The molecule has 0 bridgehead atoms. The van der Waals surface area contributed by atoms with Crippen LogP contribution in [0.15, 0.2) is 42.5 Å². The molecule has 0 aromatic heterocycles. The monoisotopic (exact) mass is 325 g/mol. The van der Waals surface area contributed by atoms with Crippen molar-refractivity contribution in [2.45, 2.75) is 32.8 Å². The molecule has 0 saturated carbocycles. The van der Waals surface area contributed by atoms with Gasteiger partial charge in [0.25, 0.3) is 5.91 Å². The van der Waals surface area contributed by atoms with E-state index in [2.05, 4.69) is 13.0 Å². The van der Waals surface area contributed by atoms with Crippen molar-refractivity contribution in [1.82, 2.24) is 0 Å². The predicted octanol–water partition coefficient (Wildman–Crippen LogP) is 3.75. The van der Waals surface area contributed by atoms with Crippen LogP contribution in [0.4, 0.5) is 5.69 Å². The van der Waals surface area contributed by atoms with Crippen LogP contribution in [0.2, 0.25) is 0 Å². The molecule has 1 atom stereocenters. The van der Waals surface area contributed by atoms with E-state index in [1.807, 2.05) is 41.3 Å². The largest absolute Gasteiger partial charge is 0.495 e. The van der Waals surface area contributed by atoms with Crippen molar-refractivity contribution < 1.29 is 14.3 Å². The summed E-state index contributed by atoms with van der Waals surface area (Å²) in [5.74, 6) is 1.41. The molecule has 1 amide bonds. The number of nitrogens with zero attached hydrogens (tertiary/aromatic N) is 1. The Bertz CT molecular complexity index is 727. The first-order valence-corrected chi connectivity index (χ1v) is 8.31. The van der Waals surface area contributed by atoms with Crippen LogP contribution >= 0.6 is 0 Å². The van der Waals surface area contributed by atoms with E-state index in [0.717, 1.165) is 24.3 Å². The van der Waals surface area contributed by atoms with E-state index in [-0.39, 0.29) is 5.91 Å². The Morgan fingerprint density at radius 3 is 2.62 bits per heavy atom. The summed E-state index contributed by atoms with van der Waals surface area (Å²) in [5.41, 5.74) is 3.29. The summed E-state index contributed by atoms with van der Waals surface area (Å²) in [6.07, 6.45) is 1.37. The summed E-state index contributed by atoms with van der Waals surface area (Å²) in [6, 6.07) is 13.4. The van der Waals surface area contributed by atoms with E-state index in [4.69, 9.17) is 9.47 Å². The van der Waals surface area contributed by atoms with E-state index in [1.165, 1.54) is 11.1 Å². The standard InChI is InChI=1S/C20H23NO3/c1-14-11-12-18(23-3)19-17(14)10-7-13-21(19)20(22)15(2)24-16-8-5-4-6-9-16/h4-6,8-9,11-12,15H,7,10,13H2,1-3H3. The van der Waals surface area contributed by atoms with Crippen LogP contribution in [0, 0.1) is 6.92 Å². The number of amides is 1. The molecule has 126 valence electrons. The number of hydrogen-bond acceptors (Lipinski definition) is 3. The lowest BCUT2D eigenvalue weighted by Gasteiger charge is -2.33. The average Bonchev–Trinajstić information content (AvgIpc) is 2.62. The number of fused-ring (bicyclic) bond motifs is 1. The number of carbonyl (C=O) groups excluding carboxylic acids is 1. The maximum atomic E-state index is 13.0. The summed E-state index contributed by atoms with van der Waals surface area (Å²) < 4.78 is 11.3. The normalized spacial score (nSPS) is 14.7. The number of methoxy groups -OCH3 is 1. The molecule has 0 N–H and O–H groups in total. The molecule has 1 aliphatic rings. The highest BCUT2D eigenvalue weighted by molar-refractivity contribution is 5.99. The second-order valence-corrected chi connectivity index (χ2v) is 6.08. The van der Waals surface area contributed by atoms with Gasteiger partial charge in [-0.1, -0.05) is 24.3 Å². The number of rotatable bonds is 4. The minimum Gasteiger partial charge on any atom is -0.495 e. The zero-order valence-electron chi connectivity index (χ0n) is 14.4. The van der Waals surface area contributed by atoms with Gasteiger partial charge in [0.2, 0.25) is 0 Å². The van der Waals surface area contributed by atoms with E-state index in [1.54, 1.807) is 14.0 Å². The Morgan fingerprint density at radius 1 is 1.17 bits per heavy atom.